The smallest absolute Gasteiger partial charge is 0.257 e. The van der Waals surface area contributed by atoms with Gasteiger partial charge in [0.15, 0.2) is 0 Å². The number of carbonyl (C=O) groups excluding carboxylic acids is 2. The lowest BCUT2D eigenvalue weighted by Crippen LogP contribution is -2.36. The molecule has 1 aliphatic rings. The van der Waals surface area contributed by atoms with Gasteiger partial charge in [0.05, 0.1) is 30.7 Å². The van der Waals surface area contributed by atoms with E-state index >= 15 is 0 Å². The van der Waals surface area contributed by atoms with Crippen molar-refractivity contribution < 1.29 is 14.3 Å². The Balaban J connectivity index is 1.40. The lowest BCUT2D eigenvalue weighted by Gasteiger charge is -2.28. The Kier molecular flexibility index (Phi) is 5.95. The first-order valence-corrected chi connectivity index (χ1v) is 9.60. The number of hydrogen-bond donors (Lipinski definition) is 2. The van der Waals surface area contributed by atoms with Gasteiger partial charge in [-0.15, -0.1) is 0 Å². The lowest BCUT2D eigenvalue weighted by molar-refractivity contribution is 0.101. The molecule has 2 N–H and O–H groups in total. The second-order valence-corrected chi connectivity index (χ2v) is 6.73. The van der Waals surface area contributed by atoms with Crippen LogP contribution in [-0.4, -0.2) is 48.1 Å². The molecule has 0 atom stereocenters. The highest BCUT2D eigenvalue weighted by atomic mass is 16.5. The number of pyridine rings is 2. The molecule has 2 aromatic heterocycles. The molecule has 0 radical (unpaired) electrons. The Morgan fingerprint density at radius 2 is 1.70 bits per heavy atom. The van der Waals surface area contributed by atoms with Gasteiger partial charge in [-0.3, -0.25) is 14.6 Å². The third-order valence-corrected chi connectivity index (χ3v) is 4.67. The molecule has 1 aliphatic heterocycles. The molecule has 1 aromatic carbocycles. The van der Waals surface area contributed by atoms with Gasteiger partial charge in [0.2, 0.25) is 0 Å². The summed E-state index contributed by atoms with van der Waals surface area (Å²) in [4.78, 5) is 35.3. The molecule has 0 saturated carbocycles. The number of benzene rings is 1. The molecular weight excluding hydrogens is 382 g/mol. The summed E-state index contributed by atoms with van der Waals surface area (Å²) in [6.45, 7) is 3.05. The van der Waals surface area contributed by atoms with E-state index in [4.69, 9.17) is 4.74 Å². The zero-order valence-corrected chi connectivity index (χ0v) is 16.2. The molecule has 0 spiro atoms. The molecule has 1 saturated heterocycles. The first-order valence-electron chi connectivity index (χ1n) is 9.60. The van der Waals surface area contributed by atoms with Gasteiger partial charge in [0.25, 0.3) is 11.8 Å². The number of nitrogens with one attached hydrogen (secondary N) is 2. The van der Waals surface area contributed by atoms with Crippen molar-refractivity contribution in [2.24, 2.45) is 0 Å². The number of nitrogens with zero attached hydrogens (tertiary/aromatic N) is 3. The maximum absolute atomic E-state index is 12.6. The van der Waals surface area contributed by atoms with Crippen molar-refractivity contribution in [3.63, 3.8) is 0 Å². The van der Waals surface area contributed by atoms with Crippen LogP contribution >= 0.6 is 0 Å². The fourth-order valence-electron chi connectivity index (χ4n) is 3.10. The fourth-order valence-corrected chi connectivity index (χ4v) is 3.10. The average molecular weight is 403 g/mol. The van der Waals surface area contributed by atoms with Crippen LogP contribution in [0.1, 0.15) is 20.7 Å². The summed E-state index contributed by atoms with van der Waals surface area (Å²) in [5.41, 5.74) is 2.37. The van der Waals surface area contributed by atoms with Crippen molar-refractivity contribution in [1.29, 1.82) is 0 Å². The van der Waals surface area contributed by atoms with Crippen LogP contribution in [0.3, 0.4) is 0 Å². The standard InChI is InChI=1S/C22H21N5O3/c28-21(26-20-7-6-19(15-24-20)27-9-11-30-12-10-27)16-3-1-5-18(13-16)25-22(29)17-4-2-8-23-14-17/h1-8,13-15H,9-12H2,(H,25,29)(H,24,26,28). The lowest BCUT2D eigenvalue weighted by atomic mass is 10.1. The van der Waals surface area contributed by atoms with Gasteiger partial charge in [0.1, 0.15) is 5.82 Å². The second-order valence-electron chi connectivity index (χ2n) is 6.73. The molecule has 30 heavy (non-hydrogen) atoms. The number of aromatic nitrogens is 2. The van der Waals surface area contributed by atoms with Gasteiger partial charge in [0, 0.05) is 36.7 Å². The maximum Gasteiger partial charge on any atom is 0.257 e. The van der Waals surface area contributed by atoms with Crippen LogP contribution < -0.4 is 15.5 Å². The highest BCUT2D eigenvalue weighted by Crippen LogP contribution is 2.18. The molecule has 152 valence electrons. The van der Waals surface area contributed by atoms with Gasteiger partial charge < -0.3 is 20.3 Å². The van der Waals surface area contributed by atoms with Gasteiger partial charge in [-0.2, -0.15) is 0 Å². The van der Waals surface area contributed by atoms with Crippen molar-refractivity contribution in [2.45, 2.75) is 0 Å². The number of carbonyl (C=O) groups is 2. The number of ether oxygens (including phenoxy) is 1. The third-order valence-electron chi connectivity index (χ3n) is 4.67. The van der Waals surface area contributed by atoms with Crippen LogP contribution in [0.25, 0.3) is 0 Å². The van der Waals surface area contributed by atoms with E-state index in [1.807, 2.05) is 6.07 Å². The zero-order valence-electron chi connectivity index (χ0n) is 16.2. The van der Waals surface area contributed by atoms with Crippen molar-refractivity contribution in [1.82, 2.24) is 9.97 Å². The molecule has 2 amide bonds. The monoisotopic (exact) mass is 403 g/mol. The van der Waals surface area contributed by atoms with E-state index in [9.17, 15) is 9.59 Å². The van der Waals surface area contributed by atoms with E-state index in [2.05, 4.69) is 25.5 Å². The molecule has 1 fully saturated rings. The van der Waals surface area contributed by atoms with Crippen molar-refractivity contribution in [3.8, 4) is 0 Å². The molecule has 0 aliphatic carbocycles. The quantitative estimate of drug-likeness (QED) is 0.680. The summed E-state index contributed by atoms with van der Waals surface area (Å²) in [5, 5.41) is 5.56. The van der Waals surface area contributed by atoms with Crippen LogP contribution in [0.2, 0.25) is 0 Å². The number of amides is 2. The molecule has 3 aromatic rings. The number of hydrogen-bond acceptors (Lipinski definition) is 6. The summed E-state index contributed by atoms with van der Waals surface area (Å²) >= 11 is 0. The Hall–Kier alpha value is -3.78. The van der Waals surface area contributed by atoms with Crippen LogP contribution in [0.4, 0.5) is 17.2 Å². The van der Waals surface area contributed by atoms with Crippen LogP contribution in [0.5, 0.6) is 0 Å². The van der Waals surface area contributed by atoms with Gasteiger partial charge in [-0.25, -0.2) is 4.98 Å². The minimum Gasteiger partial charge on any atom is -0.378 e. The Bertz CT molecular complexity index is 1020. The first kappa shape index (κ1) is 19.5. The first-order chi connectivity index (χ1) is 14.7. The van der Waals surface area contributed by atoms with Gasteiger partial charge in [-0.1, -0.05) is 6.07 Å². The normalized spacial score (nSPS) is 13.5. The molecule has 3 heterocycles. The highest BCUT2D eigenvalue weighted by Gasteiger charge is 2.13. The van der Waals surface area contributed by atoms with E-state index in [1.165, 1.54) is 6.20 Å². The van der Waals surface area contributed by atoms with E-state index in [0.717, 1.165) is 18.8 Å². The average Bonchev–Trinajstić information content (AvgIpc) is 2.81. The molecule has 0 bridgehead atoms. The molecule has 8 nitrogen and oxygen atoms in total. The van der Waals surface area contributed by atoms with Crippen LogP contribution in [0, 0.1) is 0 Å². The Morgan fingerprint density at radius 3 is 2.43 bits per heavy atom. The summed E-state index contributed by atoms with van der Waals surface area (Å²) in [6, 6.07) is 13.8. The van der Waals surface area contributed by atoms with E-state index in [1.54, 1.807) is 54.9 Å². The highest BCUT2D eigenvalue weighted by molar-refractivity contribution is 6.07. The molecule has 4 rings (SSSR count). The number of rotatable bonds is 5. The zero-order chi connectivity index (χ0) is 20.8. The molecular formula is C22H21N5O3. The van der Waals surface area contributed by atoms with Gasteiger partial charge in [-0.05, 0) is 42.5 Å². The maximum atomic E-state index is 12.6. The number of morpholine rings is 1. The van der Waals surface area contributed by atoms with Gasteiger partial charge >= 0.3 is 0 Å². The predicted molar refractivity (Wildman–Crippen MR) is 114 cm³/mol. The molecule has 8 heteroatoms. The van der Waals surface area contributed by atoms with Crippen molar-refractivity contribution >= 4 is 29.0 Å². The Morgan fingerprint density at radius 1 is 0.900 bits per heavy atom. The van der Waals surface area contributed by atoms with E-state index in [0.29, 0.717) is 35.8 Å². The minimum absolute atomic E-state index is 0.291. The largest absolute Gasteiger partial charge is 0.378 e. The van der Waals surface area contributed by atoms with Crippen LogP contribution in [0.15, 0.2) is 67.1 Å². The summed E-state index contributed by atoms with van der Waals surface area (Å²) in [7, 11) is 0. The topological polar surface area (TPSA) is 96.5 Å². The Labute approximate surface area is 173 Å². The summed E-state index contributed by atoms with van der Waals surface area (Å²) in [6.07, 6.45) is 4.83. The summed E-state index contributed by atoms with van der Waals surface area (Å²) in [5.74, 6) is -0.137. The minimum atomic E-state index is -0.306. The predicted octanol–water partition coefficient (Wildman–Crippen LogP) is 2.82. The van der Waals surface area contributed by atoms with E-state index in [-0.39, 0.29) is 11.8 Å². The second kappa shape index (κ2) is 9.15. The summed E-state index contributed by atoms with van der Waals surface area (Å²) < 4.78 is 5.36. The van der Waals surface area contributed by atoms with E-state index < -0.39 is 0 Å². The third kappa shape index (κ3) is 4.79. The molecule has 0 unspecified atom stereocenters. The fraction of sp³-hybridized carbons (Fsp3) is 0.182. The SMILES string of the molecule is O=C(Nc1cccc(C(=O)Nc2ccc(N3CCOCC3)cn2)c1)c1cccnc1. The van der Waals surface area contributed by atoms with Crippen LogP contribution in [-0.2, 0) is 4.74 Å². The van der Waals surface area contributed by atoms with Crippen molar-refractivity contribution in [3.05, 3.63) is 78.2 Å². The van der Waals surface area contributed by atoms with Crippen molar-refractivity contribution in [2.75, 3.05) is 41.8 Å². The number of anilines is 3.